The van der Waals surface area contributed by atoms with Gasteiger partial charge in [-0.25, -0.2) is 4.68 Å². The highest BCUT2D eigenvalue weighted by Crippen LogP contribution is 2.39. The van der Waals surface area contributed by atoms with Crippen molar-refractivity contribution in [3.63, 3.8) is 0 Å². The summed E-state index contributed by atoms with van der Waals surface area (Å²) in [6.45, 7) is 1.31. The van der Waals surface area contributed by atoms with E-state index < -0.39 is 0 Å². The fourth-order valence-corrected chi connectivity index (χ4v) is 3.45. The average Bonchev–Trinajstić information content (AvgIpc) is 3.12. The van der Waals surface area contributed by atoms with Crippen molar-refractivity contribution in [1.29, 1.82) is 0 Å². The minimum Gasteiger partial charge on any atom is -0.355 e. The number of carbonyl (C=O) groups is 1. The fourth-order valence-electron chi connectivity index (χ4n) is 3.45. The standard InChI is InChI=1S/C19H19N5O2/c25-19(16-10-18(26-21-16)14-4-2-1-3-5-14)23-9-8-15(11-23)24-12-17(20-22-24)13-6-7-13/h1-5,10,12-13,15H,6-9,11H2/t15-/m0/s1. The molecule has 132 valence electrons. The van der Waals surface area contributed by atoms with Gasteiger partial charge in [-0.05, 0) is 19.3 Å². The minimum absolute atomic E-state index is 0.0963. The summed E-state index contributed by atoms with van der Waals surface area (Å²) in [6.07, 6.45) is 5.34. The maximum absolute atomic E-state index is 12.8. The maximum atomic E-state index is 12.8. The second-order valence-corrected chi connectivity index (χ2v) is 7.03. The molecule has 0 spiro atoms. The quantitative estimate of drug-likeness (QED) is 0.724. The summed E-state index contributed by atoms with van der Waals surface area (Å²) >= 11 is 0. The Balaban J connectivity index is 1.28. The van der Waals surface area contributed by atoms with E-state index in [1.807, 2.05) is 46.1 Å². The molecule has 2 aromatic heterocycles. The number of amides is 1. The molecule has 3 heterocycles. The minimum atomic E-state index is -0.0963. The Morgan fingerprint density at radius 3 is 2.81 bits per heavy atom. The van der Waals surface area contributed by atoms with Crippen molar-refractivity contribution in [2.24, 2.45) is 0 Å². The molecule has 0 unspecified atom stereocenters. The average molecular weight is 349 g/mol. The SMILES string of the molecule is O=C(c1cc(-c2ccccc2)on1)N1CC[C@H](n2cc(C3CC3)nn2)C1. The van der Waals surface area contributed by atoms with E-state index in [0.717, 1.165) is 17.7 Å². The first-order valence-corrected chi connectivity index (χ1v) is 9.01. The van der Waals surface area contributed by atoms with Gasteiger partial charge < -0.3 is 9.42 Å². The van der Waals surface area contributed by atoms with Crippen LogP contribution in [0.15, 0.2) is 47.1 Å². The molecule has 1 amide bonds. The highest BCUT2D eigenvalue weighted by molar-refractivity contribution is 5.93. The molecule has 7 heteroatoms. The highest BCUT2D eigenvalue weighted by Gasteiger charge is 2.32. The summed E-state index contributed by atoms with van der Waals surface area (Å²) in [4.78, 5) is 14.6. The molecule has 2 fully saturated rings. The Kier molecular flexibility index (Phi) is 3.58. The van der Waals surface area contributed by atoms with Crippen molar-refractivity contribution in [2.75, 3.05) is 13.1 Å². The van der Waals surface area contributed by atoms with Gasteiger partial charge in [-0.2, -0.15) is 0 Å². The molecule has 1 aliphatic heterocycles. The van der Waals surface area contributed by atoms with Crippen LogP contribution in [0, 0.1) is 0 Å². The smallest absolute Gasteiger partial charge is 0.276 e. The number of hydrogen-bond donors (Lipinski definition) is 0. The molecule has 0 N–H and O–H groups in total. The molecule has 3 aromatic rings. The van der Waals surface area contributed by atoms with E-state index in [0.29, 0.717) is 30.5 Å². The van der Waals surface area contributed by atoms with E-state index in [2.05, 4.69) is 15.5 Å². The second-order valence-electron chi connectivity index (χ2n) is 7.03. The lowest BCUT2D eigenvalue weighted by molar-refractivity contribution is 0.0776. The third kappa shape index (κ3) is 2.79. The molecule has 0 bridgehead atoms. The van der Waals surface area contributed by atoms with Crippen molar-refractivity contribution in [2.45, 2.75) is 31.2 Å². The molecule has 7 nitrogen and oxygen atoms in total. The predicted octanol–water partition coefficient (Wildman–Crippen LogP) is 2.90. The van der Waals surface area contributed by atoms with E-state index in [4.69, 9.17) is 4.52 Å². The fraction of sp³-hybridized carbons (Fsp3) is 0.368. The van der Waals surface area contributed by atoms with Gasteiger partial charge in [0.05, 0.1) is 11.7 Å². The predicted molar refractivity (Wildman–Crippen MR) is 93.5 cm³/mol. The summed E-state index contributed by atoms with van der Waals surface area (Å²) in [5, 5.41) is 12.5. The zero-order valence-corrected chi connectivity index (χ0v) is 14.3. The number of rotatable bonds is 4. The summed E-state index contributed by atoms with van der Waals surface area (Å²) < 4.78 is 7.27. The van der Waals surface area contributed by atoms with Crippen LogP contribution in [-0.4, -0.2) is 44.0 Å². The monoisotopic (exact) mass is 349 g/mol. The molecule has 5 rings (SSSR count). The van der Waals surface area contributed by atoms with Crippen LogP contribution in [0.25, 0.3) is 11.3 Å². The Bertz CT molecular complexity index is 928. The number of hydrogen-bond acceptors (Lipinski definition) is 5. The van der Waals surface area contributed by atoms with Crippen LogP contribution in [0.5, 0.6) is 0 Å². The van der Waals surface area contributed by atoms with Gasteiger partial charge in [-0.3, -0.25) is 4.79 Å². The van der Waals surface area contributed by atoms with Gasteiger partial charge in [-0.1, -0.05) is 40.7 Å². The molecular weight excluding hydrogens is 330 g/mol. The molecule has 1 aliphatic carbocycles. The number of aromatic nitrogens is 4. The molecule has 1 saturated heterocycles. The van der Waals surface area contributed by atoms with Gasteiger partial charge in [0, 0.05) is 36.8 Å². The van der Waals surface area contributed by atoms with Gasteiger partial charge in [0.2, 0.25) is 0 Å². The van der Waals surface area contributed by atoms with E-state index in [1.165, 1.54) is 12.8 Å². The molecular formula is C19H19N5O2. The summed E-state index contributed by atoms with van der Waals surface area (Å²) in [6, 6.07) is 11.6. The van der Waals surface area contributed by atoms with Gasteiger partial charge in [0.15, 0.2) is 11.5 Å². The van der Waals surface area contributed by atoms with E-state index in [9.17, 15) is 4.79 Å². The van der Waals surface area contributed by atoms with Crippen LogP contribution >= 0.6 is 0 Å². The molecule has 1 aromatic carbocycles. The van der Waals surface area contributed by atoms with E-state index in [-0.39, 0.29) is 11.9 Å². The lowest BCUT2D eigenvalue weighted by Gasteiger charge is -2.14. The first-order chi connectivity index (χ1) is 12.8. The Labute approximate surface area is 150 Å². The Morgan fingerprint density at radius 1 is 1.15 bits per heavy atom. The van der Waals surface area contributed by atoms with E-state index >= 15 is 0 Å². The zero-order valence-electron chi connectivity index (χ0n) is 14.3. The number of nitrogens with zero attached hydrogens (tertiary/aromatic N) is 5. The first-order valence-electron chi connectivity index (χ1n) is 9.01. The lowest BCUT2D eigenvalue weighted by Crippen LogP contribution is -2.29. The van der Waals surface area contributed by atoms with Gasteiger partial charge >= 0.3 is 0 Å². The molecule has 2 aliphatic rings. The van der Waals surface area contributed by atoms with Gasteiger partial charge in [0.1, 0.15) is 0 Å². The van der Waals surface area contributed by atoms with Crippen molar-refractivity contribution in [1.82, 2.24) is 25.1 Å². The maximum Gasteiger partial charge on any atom is 0.276 e. The topological polar surface area (TPSA) is 77.0 Å². The Hall–Kier alpha value is -2.96. The third-order valence-corrected chi connectivity index (χ3v) is 5.14. The molecule has 0 radical (unpaired) electrons. The molecule has 1 saturated carbocycles. The summed E-state index contributed by atoms with van der Waals surface area (Å²) in [5.41, 5.74) is 2.34. The summed E-state index contributed by atoms with van der Waals surface area (Å²) in [5.74, 6) is 1.10. The van der Waals surface area contributed by atoms with E-state index in [1.54, 1.807) is 6.07 Å². The van der Waals surface area contributed by atoms with Crippen molar-refractivity contribution >= 4 is 5.91 Å². The Morgan fingerprint density at radius 2 is 2.00 bits per heavy atom. The van der Waals surface area contributed by atoms with Crippen LogP contribution in [0.1, 0.15) is 47.4 Å². The second kappa shape index (κ2) is 6.09. The van der Waals surface area contributed by atoms with Crippen LogP contribution in [0.3, 0.4) is 0 Å². The molecule has 1 atom stereocenters. The van der Waals surface area contributed by atoms with Crippen LogP contribution in [-0.2, 0) is 0 Å². The van der Waals surface area contributed by atoms with Crippen molar-refractivity contribution in [3.05, 3.63) is 54.0 Å². The largest absolute Gasteiger partial charge is 0.355 e. The van der Waals surface area contributed by atoms with Crippen LogP contribution in [0.4, 0.5) is 0 Å². The van der Waals surface area contributed by atoms with Crippen molar-refractivity contribution < 1.29 is 9.32 Å². The van der Waals surface area contributed by atoms with Crippen molar-refractivity contribution in [3.8, 4) is 11.3 Å². The lowest BCUT2D eigenvalue weighted by atomic mass is 10.1. The highest BCUT2D eigenvalue weighted by atomic mass is 16.5. The number of likely N-dealkylation sites (tertiary alicyclic amines) is 1. The van der Waals surface area contributed by atoms with Crippen LogP contribution in [0.2, 0.25) is 0 Å². The normalized spacial score (nSPS) is 19.8. The van der Waals surface area contributed by atoms with Gasteiger partial charge in [-0.15, -0.1) is 5.10 Å². The zero-order chi connectivity index (χ0) is 17.5. The first kappa shape index (κ1) is 15.3. The third-order valence-electron chi connectivity index (χ3n) is 5.14. The molecule has 26 heavy (non-hydrogen) atoms. The van der Waals surface area contributed by atoms with Gasteiger partial charge in [0.25, 0.3) is 5.91 Å². The number of carbonyl (C=O) groups excluding carboxylic acids is 1. The number of benzene rings is 1. The van der Waals surface area contributed by atoms with Crippen LogP contribution < -0.4 is 0 Å². The summed E-state index contributed by atoms with van der Waals surface area (Å²) in [7, 11) is 0.